The fraction of sp³-hybridized carbons (Fsp3) is 0.375. The smallest absolute Gasteiger partial charge is 0.131 e. The lowest BCUT2D eigenvalue weighted by molar-refractivity contribution is 0.877. The van der Waals surface area contributed by atoms with Crippen molar-refractivity contribution in [3.05, 3.63) is 41.7 Å². The summed E-state index contributed by atoms with van der Waals surface area (Å²) in [7, 11) is 0. The molecule has 0 aliphatic carbocycles. The van der Waals surface area contributed by atoms with E-state index in [-0.39, 0.29) is 0 Å². The van der Waals surface area contributed by atoms with Crippen molar-refractivity contribution in [2.24, 2.45) is 0 Å². The van der Waals surface area contributed by atoms with Gasteiger partial charge in [0, 0.05) is 23.9 Å². The normalized spacial score (nSPS) is 10.6. The molecule has 0 saturated heterocycles. The lowest BCUT2D eigenvalue weighted by Gasteiger charge is -2.09. The molecule has 1 aromatic carbocycles. The van der Waals surface area contributed by atoms with Gasteiger partial charge in [-0.3, -0.25) is 0 Å². The first-order valence-electron chi connectivity index (χ1n) is 7.08. The van der Waals surface area contributed by atoms with Crippen LogP contribution in [0.1, 0.15) is 31.7 Å². The van der Waals surface area contributed by atoms with E-state index >= 15 is 0 Å². The highest BCUT2D eigenvalue weighted by Crippen LogP contribution is 2.29. The molecule has 2 aromatic rings. The van der Waals surface area contributed by atoms with Crippen LogP contribution >= 0.6 is 11.8 Å². The van der Waals surface area contributed by atoms with Crippen LogP contribution in [0.4, 0.5) is 5.82 Å². The summed E-state index contributed by atoms with van der Waals surface area (Å²) in [5, 5.41) is 4.35. The Labute approximate surface area is 125 Å². The third-order valence-electron chi connectivity index (χ3n) is 2.93. The maximum atomic E-state index is 4.61. The van der Waals surface area contributed by atoms with E-state index in [0.29, 0.717) is 0 Å². The van der Waals surface area contributed by atoms with Crippen LogP contribution in [-0.2, 0) is 6.42 Å². The van der Waals surface area contributed by atoms with E-state index < -0.39 is 0 Å². The Hall–Kier alpha value is -1.55. The summed E-state index contributed by atoms with van der Waals surface area (Å²) in [6, 6.07) is 10.4. The van der Waals surface area contributed by atoms with Crippen LogP contribution in [0.25, 0.3) is 0 Å². The average Bonchev–Trinajstić information content (AvgIpc) is 2.47. The molecule has 0 amide bonds. The summed E-state index contributed by atoms with van der Waals surface area (Å²) in [5.74, 6) is 1.82. The van der Waals surface area contributed by atoms with Gasteiger partial charge in [-0.15, -0.1) is 0 Å². The Morgan fingerprint density at radius 1 is 1.15 bits per heavy atom. The lowest BCUT2D eigenvalue weighted by atomic mass is 10.2. The number of aromatic nitrogens is 2. The number of anilines is 1. The number of hydrogen-bond acceptors (Lipinski definition) is 4. The second-order valence-electron chi connectivity index (χ2n) is 4.66. The Bertz CT molecular complexity index is 569. The van der Waals surface area contributed by atoms with Gasteiger partial charge in [0.2, 0.25) is 0 Å². The van der Waals surface area contributed by atoms with Crippen LogP contribution in [-0.4, -0.2) is 16.5 Å². The van der Waals surface area contributed by atoms with E-state index in [1.54, 1.807) is 11.8 Å². The van der Waals surface area contributed by atoms with Crippen LogP contribution in [0, 0.1) is 6.92 Å². The van der Waals surface area contributed by atoms with Crippen molar-refractivity contribution in [1.82, 2.24) is 9.97 Å². The fourth-order valence-electron chi connectivity index (χ4n) is 1.81. The number of nitrogens with zero attached hydrogens (tertiary/aromatic N) is 2. The first-order chi connectivity index (χ1) is 9.72. The highest BCUT2D eigenvalue weighted by Gasteiger charge is 2.06. The Kier molecular flexibility index (Phi) is 5.41. The molecule has 0 aliphatic heterocycles. The monoisotopic (exact) mass is 287 g/mol. The van der Waals surface area contributed by atoms with Gasteiger partial charge in [0.05, 0.1) is 0 Å². The van der Waals surface area contributed by atoms with Crippen LogP contribution in [0.5, 0.6) is 0 Å². The quantitative estimate of drug-likeness (QED) is 0.803. The molecule has 0 saturated carbocycles. The summed E-state index contributed by atoms with van der Waals surface area (Å²) in [4.78, 5) is 10.4. The minimum Gasteiger partial charge on any atom is -0.370 e. The van der Waals surface area contributed by atoms with Crippen molar-refractivity contribution in [3.63, 3.8) is 0 Å². The van der Waals surface area contributed by atoms with Gasteiger partial charge >= 0.3 is 0 Å². The number of hydrogen-bond donors (Lipinski definition) is 1. The van der Waals surface area contributed by atoms with Crippen molar-refractivity contribution in [1.29, 1.82) is 0 Å². The Balaban J connectivity index is 2.24. The molecule has 3 nitrogen and oxygen atoms in total. The second kappa shape index (κ2) is 7.29. The van der Waals surface area contributed by atoms with Gasteiger partial charge in [0.15, 0.2) is 0 Å². The molecular formula is C16H21N3S. The predicted molar refractivity (Wildman–Crippen MR) is 85.5 cm³/mol. The summed E-state index contributed by atoms with van der Waals surface area (Å²) < 4.78 is 0. The summed E-state index contributed by atoms with van der Waals surface area (Å²) in [5.41, 5.74) is 1.28. The summed E-state index contributed by atoms with van der Waals surface area (Å²) in [6.45, 7) is 7.30. The SMILES string of the molecule is CCCNc1cc(Sc2ccccc2C)nc(CC)n1. The van der Waals surface area contributed by atoms with Gasteiger partial charge < -0.3 is 5.32 Å². The van der Waals surface area contributed by atoms with E-state index in [1.807, 2.05) is 6.07 Å². The molecule has 0 spiro atoms. The topological polar surface area (TPSA) is 37.8 Å². The minimum absolute atomic E-state index is 0.850. The van der Waals surface area contributed by atoms with Gasteiger partial charge in [-0.05, 0) is 25.0 Å². The third-order valence-corrected chi connectivity index (χ3v) is 4.03. The van der Waals surface area contributed by atoms with Crippen molar-refractivity contribution in [3.8, 4) is 0 Å². The summed E-state index contributed by atoms with van der Waals surface area (Å²) >= 11 is 1.70. The van der Waals surface area contributed by atoms with Crippen LogP contribution in [0.15, 0.2) is 40.3 Å². The molecule has 0 atom stereocenters. The van der Waals surface area contributed by atoms with Crippen molar-refractivity contribution < 1.29 is 0 Å². The van der Waals surface area contributed by atoms with E-state index in [2.05, 4.69) is 60.3 Å². The van der Waals surface area contributed by atoms with Crippen LogP contribution in [0.3, 0.4) is 0 Å². The molecule has 0 fully saturated rings. The van der Waals surface area contributed by atoms with Crippen molar-refractivity contribution >= 4 is 17.6 Å². The largest absolute Gasteiger partial charge is 0.370 e. The highest BCUT2D eigenvalue weighted by atomic mass is 32.2. The standard InChI is InChI=1S/C16H21N3S/c1-4-10-17-15-11-16(19-14(5-2)18-15)20-13-9-7-6-8-12(13)3/h6-9,11H,4-5,10H2,1-3H3,(H,17,18,19). The Morgan fingerprint density at radius 2 is 1.95 bits per heavy atom. The zero-order valence-electron chi connectivity index (χ0n) is 12.3. The molecule has 106 valence electrons. The van der Waals surface area contributed by atoms with E-state index in [0.717, 1.165) is 36.1 Å². The zero-order chi connectivity index (χ0) is 14.4. The molecule has 1 N–H and O–H groups in total. The maximum Gasteiger partial charge on any atom is 0.131 e. The van der Waals surface area contributed by atoms with Gasteiger partial charge in [-0.25, -0.2) is 9.97 Å². The molecule has 1 heterocycles. The first-order valence-corrected chi connectivity index (χ1v) is 7.90. The first kappa shape index (κ1) is 14.9. The molecule has 2 rings (SSSR count). The number of rotatable bonds is 6. The zero-order valence-corrected chi connectivity index (χ0v) is 13.1. The van der Waals surface area contributed by atoms with Gasteiger partial charge in [0.25, 0.3) is 0 Å². The Morgan fingerprint density at radius 3 is 2.65 bits per heavy atom. The van der Waals surface area contributed by atoms with Gasteiger partial charge in [-0.1, -0.05) is 43.8 Å². The van der Waals surface area contributed by atoms with E-state index in [9.17, 15) is 0 Å². The lowest BCUT2D eigenvalue weighted by Crippen LogP contribution is -2.05. The molecule has 20 heavy (non-hydrogen) atoms. The molecule has 0 unspecified atom stereocenters. The minimum atomic E-state index is 0.850. The number of benzene rings is 1. The number of nitrogens with one attached hydrogen (secondary N) is 1. The molecule has 0 aliphatic rings. The molecule has 4 heteroatoms. The average molecular weight is 287 g/mol. The number of aryl methyl sites for hydroxylation is 2. The highest BCUT2D eigenvalue weighted by molar-refractivity contribution is 7.99. The third kappa shape index (κ3) is 3.97. The van der Waals surface area contributed by atoms with E-state index in [4.69, 9.17) is 0 Å². The van der Waals surface area contributed by atoms with E-state index in [1.165, 1.54) is 10.5 Å². The van der Waals surface area contributed by atoms with Crippen LogP contribution < -0.4 is 5.32 Å². The summed E-state index contributed by atoms with van der Waals surface area (Å²) in [6.07, 6.45) is 1.94. The van der Waals surface area contributed by atoms with Crippen LogP contribution in [0.2, 0.25) is 0 Å². The second-order valence-corrected chi connectivity index (χ2v) is 5.72. The predicted octanol–water partition coefficient (Wildman–Crippen LogP) is 4.32. The molecule has 0 bridgehead atoms. The molecule has 0 radical (unpaired) electrons. The maximum absolute atomic E-state index is 4.61. The fourth-order valence-corrected chi connectivity index (χ4v) is 2.73. The van der Waals surface area contributed by atoms with Gasteiger partial charge in [-0.2, -0.15) is 0 Å². The molecule has 1 aromatic heterocycles. The molecular weight excluding hydrogens is 266 g/mol. The van der Waals surface area contributed by atoms with Gasteiger partial charge in [0.1, 0.15) is 16.7 Å². The van der Waals surface area contributed by atoms with Crippen molar-refractivity contribution in [2.75, 3.05) is 11.9 Å². The van der Waals surface area contributed by atoms with Crippen molar-refractivity contribution in [2.45, 2.75) is 43.5 Å².